The van der Waals surface area contributed by atoms with Gasteiger partial charge in [0.1, 0.15) is 0 Å². The maximum absolute atomic E-state index is 12.1. The SMILES string of the molecule is CC(C)(CNC(=O)C1CC2CCC1N2)NS(C)(=O)=O. The molecule has 0 aromatic heterocycles. The van der Waals surface area contributed by atoms with E-state index >= 15 is 0 Å². The van der Waals surface area contributed by atoms with Crippen molar-refractivity contribution in [3.63, 3.8) is 0 Å². The van der Waals surface area contributed by atoms with E-state index in [1.165, 1.54) is 0 Å². The zero-order valence-corrected chi connectivity index (χ0v) is 12.5. The summed E-state index contributed by atoms with van der Waals surface area (Å²) in [4.78, 5) is 12.1. The van der Waals surface area contributed by atoms with Gasteiger partial charge in [0.05, 0.1) is 12.2 Å². The minimum Gasteiger partial charge on any atom is -0.354 e. The Labute approximate surface area is 114 Å². The van der Waals surface area contributed by atoms with Gasteiger partial charge in [0.15, 0.2) is 0 Å². The van der Waals surface area contributed by atoms with Crippen molar-refractivity contribution in [2.45, 2.75) is 50.7 Å². The smallest absolute Gasteiger partial charge is 0.224 e. The molecule has 2 rings (SSSR count). The van der Waals surface area contributed by atoms with Gasteiger partial charge in [0.25, 0.3) is 0 Å². The van der Waals surface area contributed by atoms with Gasteiger partial charge in [-0.3, -0.25) is 4.79 Å². The van der Waals surface area contributed by atoms with Crippen LogP contribution < -0.4 is 15.4 Å². The molecule has 110 valence electrons. The summed E-state index contributed by atoms with van der Waals surface area (Å²) in [5.41, 5.74) is -0.672. The lowest BCUT2D eigenvalue weighted by Crippen LogP contribution is -2.52. The van der Waals surface area contributed by atoms with Gasteiger partial charge in [0, 0.05) is 24.2 Å². The van der Waals surface area contributed by atoms with Crippen molar-refractivity contribution in [2.75, 3.05) is 12.8 Å². The number of hydrogen-bond acceptors (Lipinski definition) is 4. The number of nitrogens with one attached hydrogen (secondary N) is 3. The quantitative estimate of drug-likeness (QED) is 0.641. The molecule has 2 bridgehead atoms. The molecule has 2 fully saturated rings. The fourth-order valence-electron chi connectivity index (χ4n) is 3.09. The van der Waals surface area contributed by atoms with Crippen LogP contribution in [0.3, 0.4) is 0 Å². The summed E-state index contributed by atoms with van der Waals surface area (Å²) in [6, 6.07) is 0.791. The van der Waals surface area contributed by atoms with Crippen molar-refractivity contribution >= 4 is 15.9 Å². The van der Waals surface area contributed by atoms with Crippen LogP contribution in [0.4, 0.5) is 0 Å². The first-order chi connectivity index (χ1) is 8.66. The highest BCUT2D eigenvalue weighted by Crippen LogP contribution is 2.33. The summed E-state index contributed by atoms with van der Waals surface area (Å²) >= 11 is 0. The van der Waals surface area contributed by atoms with Crippen molar-refractivity contribution in [3.05, 3.63) is 0 Å². The topological polar surface area (TPSA) is 87.3 Å². The van der Waals surface area contributed by atoms with Crippen molar-refractivity contribution in [1.29, 1.82) is 0 Å². The highest BCUT2D eigenvalue weighted by Gasteiger charge is 2.42. The van der Waals surface area contributed by atoms with Crippen LogP contribution in [0.25, 0.3) is 0 Å². The molecule has 0 aromatic rings. The second kappa shape index (κ2) is 5.03. The number of rotatable bonds is 5. The van der Waals surface area contributed by atoms with E-state index in [1.54, 1.807) is 13.8 Å². The molecular weight excluding hydrogens is 266 g/mol. The third-order valence-electron chi connectivity index (χ3n) is 3.80. The van der Waals surface area contributed by atoms with Crippen LogP contribution in [0.5, 0.6) is 0 Å². The summed E-state index contributed by atoms with van der Waals surface area (Å²) in [5.74, 6) is 0.0656. The molecule has 6 nitrogen and oxygen atoms in total. The highest BCUT2D eigenvalue weighted by atomic mass is 32.2. The van der Waals surface area contributed by atoms with Crippen molar-refractivity contribution in [1.82, 2.24) is 15.4 Å². The Morgan fingerprint density at radius 1 is 1.37 bits per heavy atom. The summed E-state index contributed by atoms with van der Waals surface area (Å²) in [6.45, 7) is 3.81. The predicted molar refractivity (Wildman–Crippen MR) is 73.1 cm³/mol. The number of sulfonamides is 1. The summed E-state index contributed by atoms with van der Waals surface area (Å²) in [6.07, 6.45) is 4.25. The maximum Gasteiger partial charge on any atom is 0.224 e. The van der Waals surface area contributed by atoms with Crippen molar-refractivity contribution in [3.8, 4) is 0 Å². The molecule has 3 atom stereocenters. The van der Waals surface area contributed by atoms with E-state index in [2.05, 4.69) is 15.4 Å². The molecule has 0 saturated carbocycles. The molecule has 7 heteroatoms. The molecule has 3 N–H and O–H groups in total. The molecule has 2 aliphatic heterocycles. The van der Waals surface area contributed by atoms with Gasteiger partial charge in [-0.15, -0.1) is 0 Å². The third-order valence-corrected chi connectivity index (χ3v) is 4.73. The first kappa shape index (κ1) is 14.7. The van der Waals surface area contributed by atoms with Crippen molar-refractivity contribution < 1.29 is 13.2 Å². The van der Waals surface area contributed by atoms with Crippen LogP contribution in [0.1, 0.15) is 33.1 Å². The summed E-state index contributed by atoms with van der Waals surface area (Å²) in [7, 11) is -3.27. The standard InChI is InChI=1S/C12H23N3O3S/c1-12(2,15-19(3,17)18)7-13-11(16)9-6-8-4-5-10(9)14-8/h8-10,14-15H,4-7H2,1-3H3,(H,13,16). The lowest BCUT2D eigenvalue weighted by atomic mass is 9.88. The van der Waals surface area contributed by atoms with Crippen LogP contribution >= 0.6 is 0 Å². The Morgan fingerprint density at radius 2 is 2.05 bits per heavy atom. The van der Waals surface area contributed by atoms with E-state index in [0.717, 1.165) is 25.5 Å². The van der Waals surface area contributed by atoms with Gasteiger partial charge >= 0.3 is 0 Å². The van der Waals surface area contributed by atoms with E-state index in [1.807, 2.05) is 0 Å². The zero-order valence-electron chi connectivity index (χ0n) is 11.7. The van der Waals surface area contributed by atoms with Crippen LogP contribution in [0, 0.1) is 5.92 Å². The number of carbonyl (C=O) groups excluding carboxylic acids is 1. The monoisotopic (exact) mass is 289 g/mol. The minimum atomic E-state index is -3.27. The molecule has 1 amide bonds. The van der Waals surface area contributed by atoms with E-state index in [-0.39, 0.29) is 11.8 Å². The first-order valence-electron chi connectivity index (χ1n) is 6.69. The molecule has 2 saturated heterocycles. The average Bonchev–Trinajstić information content (AvgIpc) is 2.84. The van der Waals surface area contributed by atoms with E-state index in [9.17, 15) is 13.2 Å². The largest absolute Gasteiger partial charge is 0.354 e. The second-order valence-electron chi connectivity index (χ2n) is 6.37. The Kier molecular flexibility index (Phi) is 3.90. The van der Waals surface area contributed by atoms with Gasteiger partial charge in [-0.1, -0.05) is 0 Å². The van der Waals surface area contributed by atoms with E-state index < -0.39 is 15.6 Å². The van der Waals surface area contributed by atoms with Gasteiger partial charge < -0.3 is 10.6 Å². The van der Waals surface area contributed by atoms with Crippen LogP contribution in [0.15, 0.2) is 0 Å². The molecule has 0 aromatic carbocycles. The van der Waals surface area contributed by atoms with Gasteiger partial charge in [0.2, 0.25) is 15.9 Å². The molecular formula is C12H23N3O3S. The fraction of sp³-hybridized carbons (Fsp3) is 0.917. The van der Waals surface area contributed by atoms with E-state index in [4.69, 9.17) is 0 Å². The Bertz CT molecular complexity index is 461. The molecule has 0 radical (unpaired) electrons. The Balaban J connectivity index is 1.83. The van der Waals surface area contributed by atoms with Crippen molar-refractivity contribution in [2.24, 2.45) is 5.92 Å². The summed E-state index contributed by atoms with van der Waals surface area (Å²) in [5, 5.41) is 6.29. The number of fused-ring (bicyclic) bond motifs is 2. The van der Waals surface area contributed by atoms with Crippen LogP contribution in [-0.4, -0.2) is 44.7 Å². The minimum absolute atomic E-state index is 0.0306. The van der Waals surface area contributed by atoms with E-state index in [0.29, 0.717) is 18.6 Å². The third kappa shape index (κ3) is 3.90. The molecule has 2 heterocycles. The molecule has 0 spiro atoms. The predicted octanol–water partition coefficient (Wildman–Crippen LogP) is -0.429. The first-order valence-corrected chi connectivity index (χ1v) is 8.58. The Morgan fingerprint density at radius 3 is 2.53 bits per heavy atom. The van der Waals surface area contributed by atoms with Crippen LogP contribution in [-0.2, 0) is 14.8 Å². The zero-order chi connectivity index (χ0) is 14.3. The fourth-order valence-corrected chi connectivity index (χ4v) is 4.17. The van der Waals surface area contributed by atoms with Gasteiger partial charge in [-0.2, -0.15) is 0 Å². The normalized spacial score (nSPS) is 30.6. The maximum atomic E-state index is 12.1. The highest BCUT2D eigenvalue weighted by molar-refractivity contribution is 7.88. The lowest BCUT2D eigenvalue weighted by molar-refractivity contribution is -0.125. The van der Waals surface area contributed by atoms with Crippen LogP contribution in [0.2, 0.25) is 0 Å². The average molecular weight is 289 g/mol. The molecule has 0 aliphatic carbocycles. The number of hydrogen-bond donors (Lipinski definition) is 3. The second-order valence-corrected chi connectivity index (χ2v) is 8.11. The molecule has 19 heavy (non-hydrogen) atoms. The Hall–Kier alpha value is -0.660. The molecule has 3 unspecified atom stereocenters. The van der Waals surface area contributed by atoms with Gasteiger partial charge in [-0.25, -0.2) is 13.1 Å². The number of carbonyl (C=O) groups is 1. The molecule has 2 aliphatic rings. The summed E-state index contributed by atoms with van der Waals surface area (Å²) < 4.78 is 25.0. The lowest BCUT2D eigenvalue weighted by Gasteiger charge is -2.27. The number of amides is 1. The van der Waals surface area contributed by atoms with Gasteiger partial charge in [-0.05, 0) is 33.1 Å².